The first kappa shape index (κ1) is 17.0. The highest BCUT2D eigenvalue weighted by molar-refractivity contribution is 5.91. The van der Waals surface area contributed by atoms with Crippen molar-refractivity contribution in [3.05, 3.63) is 24.3 Å². The molecule has 1 aromatic carbocycles. The standard InChI is InChI=1S/C16H24N2O3/c1-3-4-5-6-7-8-15(19)17-13-9-11-14(12-10-13)18-16(20)21-2/h9-12H,3-8H2,1-2H3,(H,17,19)(H,18,20). The largest absolute Gasteiger partial charge is 0.453 e. The fraction of sp³-hybridized carbons (Fsp3) is 0.500. The molecule has 116 valence electrons. The summed E-state index contributed by atoms with van der Waals surface area (Å²) < 4.78 is 4.50. The number of benzene rings is 1. The van der Waals surface area contributed by atoms with Crippen molar-refractivity contribution in [2.45, 2.75) is 45.4 Å². The van der Waals surface area contributed by atoms with Crippen LogP contribution in [0, 0.1) is 0 Å². The fourth-order valence-electron chi connectivity index (χ4n) is 1.92. The van der Waals surface area contributed by atoms with Gasteiger partial charge in [-0.25, -0.2) is 4.79 Å². The number of ether oxygens (including phenoxy) is 1. The van der Waals surface area contributed by atoms with Gasteiger partial charge in [-0.3, -0.25) is 10.1 Å². The molecule has 5 heteroatoms. The minimum atomic E-state index is -0.515. The molecule has 2 amide bonds. The minimum Gasteiger partial charge on any atom is -0.453 e. The molecule has 5 nitrogen and oxygen atoms in total. The molecular formula is C16H24N2O3. The highest BCUT2D eigenvalue weighted by Gasteiger charge is 2.03. The first-order valence-corrected chi connectivity index (χ1v) is 7.40. The second kappa shape index (κ2) is 9.80. The number of hydrogen-bond acceptors (Lipinski definition) is 3. The fourth-order valence-corrected chi connectivity index (χ4v) is 1.92. The predicted molar refractivity (Wildman–Crippen MR) is 84.5 cm³/mol. The highest BCUT2D eigenvalue weighted by Crippen LogP contribution is 2.14. The molecule has 0 unspecified atom stereocenters. The highest BCUT2D eigenvalue weighted by atomic mass is 16.5. The number of hydrogen-bond donors (Lipinski definition) is 2. The Bertz CT molecular complexity index is 443. The van der Waals surface area contributed by atoms with Crippen molar-refractivity contribution < 1.29 is 14.3 Å². The smallest absolute Gasteiger partial charge is 0.411 e. The van der Waals surface area contributed by atoms with Crippen molar-refractivity contribution in [3.63, 3.8) is 0 Å². The maximum atomic E-state index is 11.8. The minimum absolute atomic E-state index is 0.0279. The zero-order chi connectivity index (χ0) is 15.5. The lowest BCUT2D eigenvalue weighted by Crippen LogP contribution is -2.12. The number of rotatable bonds is 8. The Kier molecular flexibility index (Phi) is 7.94. The monoisotopic (exact) mass is 292 g/mol. The van der Waals surface area contributed by atoms with Gasteiger partial charge in [-0.1, -0.05) is 32.6 Å². The van der Waals surface area contributed by atoms with Crippen LogP contribution in [0.2, 0.25) is 0 Å². The molecule has 0 fully saturated rings. The molecule has 0 aliphatic rings. The lowest BCUT2D eigenvalue weighted by atomic mass is 10.1. The van der Waals surface area contributed by atoms with E-state index in [9.17, 15) is 9.59 Å². The van der Waals surface area contributed by atoms with E-state index in [2.05, 4.69) is 22.3 Å². The normalized spacial score (nSPS) is 10.0. The van der Waals surface area contributed by atoms with Gasteiger partial charge in [0, 0.05) is 17.8 Å². The van der Waals surface area contributed by atoms with Crippen LogP contribution in [0.3, 0.4) is 0 Å². The van der Waals surface area contributed by atoms with E-state index in [4.69, 9.17) is 0 Å². The summed E-state index contributed by atoms with van der Waals surface area (Å²) in [6, 6.07) is 6.93. The van der Waals surface area contributed by atoms with Crippen LogP contribution in [0.4, 0.5) is 16.2 Å². The maximum absolute atomic E-state index is 11.8. The number of amides is 2. The van der Waals surface area contributed by atoms with Gasteiger partial charge >= 0.3 is 6.09 Å². The molecule has 21 heavy (non-hydrogen) atoms. The average molecular weight is 292 g/mol. The maximum Gasteiger partial charge on any atom is 0.411 e. The molecule has 0 bridgehead atoms. The summed E-state index contributed by atoms with van der Waals surface area (Å²) in [6.07, 6.45) is 5.69. The third-order valence-electron chi connectivity index (χ3n) is 3.11. The Morgan fingerprint density at radius 3 is 2.10 bits per heavy atom. The van der Waals surface area contributed by atoms with Crippen LogP contribution in [-0.2, 0) is 9.53 Å². The quantitative estimate of drug-likeness (QED) is 0.707. The van der Waals surface area contributed by atoms with Crippen LogP contribution in [0.1, 0.15) is 45.4 Å². The van der Waals surface area contributed by atoms with E-state index in [1.165, 1.54) is 26.4 Å². The third kappa shape index (κ3) is 7.34. The lowest BCUT2D eigenvalue weighted by molar-refractivity contribution is -0.116. The summed E-state index contributed by atoms with van der Waals surface area (Å²) in [4.78, 5) is 22.8. The van der Waals surface area contributed by atoms with Gasteiger partial charge in [-0.15, -0.1) is 0 Å². The Labute approximate surface area is 126 Å². The predicted octanol–water partition coefficient (Wildman–Crippen LogP) is 4.16. The molecule has 0 saturated carbocycles. The molecule has 1 rings (SSSR count). The van der Waals surface area contributed by atoms with Crippen LogP contribution in [0.15, 0.2) is 24.3 Å². The average Bonchev–Trinajstić information content (AvgIpc) is 2.49. The Balaban J connectivity index is 2.31. The van der Waals surface area contributed by atoms with Gasteiger partial charge in [-0.05, 0) is 30.7 Å². The first-order valence-electron chi connectivity index (χ1n) is 7.40. The van der Waals surface area contributed by atoms with Crippen LogP contribution in [0.5, 0.6) is 0 Å². The van der Waals surface area contributed by atoms with Crippen molar-refractivity contribution in [1.82, 2.24) is 0 Å². The molecule has 0 aliphatic carbocycles. The topological polar surface area (TPSA) is 67.4 Å². The Morgan fingerprint density at radius 2 is 1.52 bits per heavy atom. The molecule has 0 atom stereocenters. The van der Waals surface area contributed by atoms with Gasteiger partial charge in [-0.2, -0.15) is 0 Å². The van der Waals surface area contributed by atoms with E-state index in [-0.39, 0.29) is 5.91 Å². The van der Waals surface area contributed by atoms with Crippen LogP contribution in [0.25, 0.3) is 0 Å². The summed E-state index contributed by atoms with van der Waals surface area (Å²) >= 11 is 0. The second-order valence-corrected chi connectivity index (χ2v) is 4.91. The van der Waals surface area contributed by atoms with E-state index in [1.807, 2.05) is 0 Å². The molecular weight excluding hydrogens is 268 g/mol. The van der Waals surface area contributed by atoms with Crippen molar-refractivity contribution in [2.75, 3.05) is 17.7 Å². The van der Waals surface area contributed by atoms with Gasteiger partial charge in [0.25, 0.3) is 0 Å². The number of carbonyl (C=O) groups is 2. The summed E-state index contributed by atoms with van der Waals surface area (Å²) in [5.41, 5.74) is 1.35. The van der Waals surface area contributed by atoms with Crippen LogP contribution in [-0.4, -0.2) is 19.1 Å². The van der Waals surface area contributed by atoms with E-state index in [1.54, 1.807) is 24.3 Å². The second-order valence-electron chi connectivity index (χ2n) is 4.91. The number of anilines is 2. The van der Waals surface area contributed by atoms with Gasteiger partial charge in [0.1, 0.15) is 0 Å². The van der Waals surface area contributed by atoms with Crippen LogP contribution >= 0.6 is 0 Å². The van der Waals surface area contributed by atoms with Crippen molar-refractivity contribution in [2.24, 2.45) is 0 Å². The van der Waals surface area contributed by atoms with Gasteiger partial charge in [0.15, 0.2) is 0 Å². The van der Waals surface area contributed by atoms with Crippen molar-refractivity contribution >= 4 is 23.4 Å². The third-order valence-corrected chi connectivity index (χ3v) is 3.11. The van der Waals surface area contributed by atoms with E-state index in [0.29, 0.717) is 12.1 Å². The van der Waals surface area contributed by atoms with E-state index >= 15 is 0 Å². The summed E-state index contributed by atoms with van der Waals surface area (Å²) in [5.74, 6) is 0.0279. The van der Waals surface area contributed by atoms with Gasteiger partial charge in [0.2, 0.25) is 5.91 Å². The zero-order valence-corrected chi connectivity index (χ0v) is 12.8. The molecule has 0 aliphatic heterocycles. The molecule has 0 saturated heterocycles. The van der Waals surface area contributed by atoms with Gasteiger partial charge < -0.3 is 10.1 Å². The number of methoxy groups -OCH3 is 1. The molecule has 0 radical (unpaired) electrons. The number of unbranched alkanes of at least 4 members (excludes halogenated alkanes) is 4. The van der Waals surface area contributed by atoms with Crippen molar-refractivity contribution in [3.8, 4) is 0 Å². The van der Waals surface area contributed by atoms with Gasteiger partial charge in [0.05, 0.1) is 7.11 Å². The van der Waals surface area contributed by atoms with Crippen LogP contribution < -0.4 is 10.6 Å². The molecule has 0 heterocycles. The molecule has 1 aromatic rings. The molecule has 2 N–H and O–H groups in total. The number of carbonyl (C=O) groups excluding carboxylic acids is 2. The SMILES string of the molecule is CCCCCCCC(=O)Nc1ccc(NC(=O)OC)cc1. The summed E-state index contributed by atoms with van der Waals surface area (Å²) in [6.45, 7) is 2.17. The van der Waals surface area contributed by atoms with Crippen molar-refractivity contribution in [1.29, 1.82) is 0 Å². The molecule has 0 aromatic heterocycles. The Hall–Kier alpha value is -2.04. The van der Waals surface area contributed by atoms with E-state index in [0.717, 1.165) is 18.5 Å². The Morgan fingerprint density at radius 1 is 0.952 bits per heavy atom. The molecule has 0 spiro atoms. The van der Waals surface area contributed by atoms with E-state index < -0.39 is 6.09 Å². The zero-order valence-electron chi connectivity index (χ0n) is 12.8. The summed E-state index contributed by atoms with van der Waals surface area (Å²) in [7, 11) is 1.31. The summed E-state index contributed by atoms with van der Waals surface area (Å²) in [5, 5.41) is 5.40. The lowest BCUT2D eigenvalue weighted by Gasteiger charge is -2.07. The first-order chi connectivity index (χ1) is 10.2. The number of nitrogens with one attached hydrogen (secondary N) is 2.